The molecule has 7 N–H and O–H groups in total. The summed E-state index contributed by atoms with van der Waals surface area (Å²) in [5.41, 5.74) is 14.0. The molecule has 0 bridgehead atoms. The molecule has 0 fully saturated rings. The van der Waals surface area contributed by atoms with E-state index in [1.165, 1.54) is 33.9 Å². The van der Waals surface area contributed by atoms with E-state index in [1.54, 1.807) is 90.3 Å². The van der Waals surface area contributed by atoms with Gasteiger partial charge in [-0.15, -0.1) is 11.3 Å². The smallest absolute Gasteiger partial charge is 0.264 e. The van der Waals surface area contributed by atoms with Gasteiger partial charge in [0.05, 0.1) is 46.3 Å². The molecule has 13 rings (SSSR count). The highest BCUT2D eigenvalue weighted by Gasteiger charge is 2.08. The van der Waals surface area contributed by atoms with E-state index in [4.69, 9.17) is 0 Å². The minimum Gasteiger partial charge on any atom is -0.365 e. The minimum absolute atomic E-state index is 0.0568. The molecule has 0 saturated heterocycles. The van der Waals surface area contributed by atoms with Gasteiger partial charge in [0.2, 0.25) is 0 Å². The van der Waals surface area contributed by atoms with Crippen LogP contribution in [0.1, 0.15) is 271 Å². The normalized spacial score (nSPS) is 10.2. The average molecular weight is 1400 g/mol. The molecule has 13 aromatic rings. The third kappa shape index (κ3) is 42.7. The predicted octanol–water partition coefficient (Wildman–Crippen LogP) is 20.4. The maximum Gasteiger partial charge on any atom is 0.264 e. The standard InChI is InChI=1S/C10H12N2.C9H11N3.C7H11N.C6H10N2O.2C6H10N2.C6H9NO.C6H9NS.C5H9N3.C5H5N.C4H4N2.2C4H10/c1-7(2)10-8-5-3-4-6-9(8)11-12-10;1-7(2)8-6-9-10-4-3-5-12(9)11-8;1-6(2)7-4-3-5-8-7;1-4(2)5-3-6(9)8-7-5;1-5(2)6-3-7-4-8-6;1-5(2)6-3-4-7-8-6;1-5(2)6-3-4-8-7-6;1-5(2)6-3-8-4-7-6;1-4(2)5-3-6-8-7-5;1-2-4-6-5-3-1;1-2-6-4-3-5-1;2*1-4(2)3/h3-7H,1-2H3,(H,11,12);3-7H,1-2H3;3-6,8H,1-2H3;3-4H,1-2H3,(H2,7,8,9);2*3-5H,1-2H3,(H,7,8);2*3-5H,1-2H3;3-4H,1-2H3,(H,6,7,8);1-5H;1-4H;2*4H,1-3H3. The second-order valence-corrected chi connectivity index (χ2v) is 27.7. The number of benzene rings is 1. The zero-order chi connectivity index (χ0) is 75.5. The Labute approximate surface area is 605 Å². The summed E-state index contributed by atoms with van der Waals surface area (Å²) in [5.74, 6) is 6.34. The van der Waals surface area contributed by atoms with Crippen LogP contribution in [0.5, 0.6) is 0 Å². The van der Waals surface area contributed by atoms with Crippen molar-refractivity contribution >= 4 is 27.9 Å². The second kappa shape index (κ2) is 53.2. The first-order valence-electron chi connectivity index (χ1n) is 34.9. The molecule has 0 atom stereocenters. The largest absolute Gasteiger partial charge is 0.365 e. The summed E-state index contributed by atoms with van der Waals surface area (Å²) < 4.78 is 6.43. The Morgan fingerprint density at radius 2 is 1.04 bits per heavy atom. The Bertz CT molecular complexity index is 3450. The molecule has 0 saturated carbocycles. The zero-order valence-electron chi connectivity index (χ0n) is 64.7. The molecule has 22 nitrogen and oxygen atoms in total. The first-order valence-corrected chi connectivity index (χ1v) is 35.8. The van der Waals surface area contributed by atoms with Crippen LogP contribution in [0.15, 0.2) is 192 Å². The summed E-state index contributed by atoms with van der Waals surface area (Å²) >= 11 is 1.66. The molecule has 0 aliphatic heterocycles. The lowest BCUT2D eigenvalue weighted by Gasteiger charge is -1.99. The van der Waals surface area contributed by atoms with Crippen molar-refractivity contribution in [3.8, 4) is 0 Å². The van der Waals surface area contributed by atoms with E-state index in [-0.39, 0.29) is 5.56 Å². The molecule has 0 aliphatic rings. The summed E-state index contributed by atoms with van der Waals surface area (Å²) in [7, 11) is 0. The van der Waals surface area contributed by atoms with Gasteiger partial charge in [-0.05, 0) is 108 Å². The van der Waals surface area contributed by atoms with E-state index in [2.05, 4.69) is 270 Å². The number of hydrogen-bond donors (Lipinski definition) is 7. The Balaban J connectivity index is 0.000000553. The molecular formula is C78H120N20O2S. The highest BCUT2D eigenvalue weighted by atomic mass is 32.1. The topological polar surface area (TPSA) is 300 Å². The van der Waals surface area contributed by atoms with Crippen LogP contribution in [0, 0.1) is 11.8 Å². The first-order chi connectivity index (χ1) is 48.0. The fourth-order valence-electron chi connectivity index (χ4n) is 7.16. The van der Waals surface area contributed by atoms with Crippen LogP contribution in [0.4, 0.5) is 0 Å². The maximum absolute atomic E-state index is 10.5. The monoisotopic (exact) mass is 1400 g/mol. The van der Waals surface area contributed by atoms with Gasteiger partial charge in [0.25, 0.3) is 5.56 Å². The molecule has 23 heteroatoms. The number of H-pyrrole nitrogens is 7. The van der Waals surface area contributed by atoms with Crippen LogP contribution in [-0.2, 0) is 0 Å². The van der Waals surface area contributed by atoms with Gasteiger partial charge in [-0.25, -0.2) is 19.5 Å². The minimum atomic E-state index is -0.0568. The number of aromatic nitrogens is 20. The molecule has 0 radical (unpaired) electrons. The molecule has 12 aromatic heterocycles. The Hall–Kier alpha value is -9.77. The van der Waals surface area contributed by atoms with Gasteiger partial charge >= 0.3 is 0 Å². The molecule has 0 amide bonds. The van der Waals surface area contributed by atoms with E-state index in [9.17, 15) is 4.79 Å². The van der Waals surface area contributed by atoms with E-state index in [0.717, 1.165) is 45.8 Å². The molecule has 0 spiro atoms. The number of imidazole rings is 1. The van der Waals surface area contributed by atoms with Crippen molar-refractivity contribution in [2.24, 2.45) is 11.8 Å². The van der Waals surface area contributed by atoms with Gasteiger partial charge in [-0.2, -0.15) is 30.7 Å². The molecular weight excluding hydrogens is 1280 g/mol. The van der Waals surface area contributed by atoms with Crippen LogP contribution in [0.3, 0.4) is 0 Å². The van der Waals surface area contributed by atoms with E-state index < -0.39 is 0 Å². The van der Waals surface area contributed by atoms with Gasteiger partial charge in [0, 0.05) is 126 Å². The molecule has 0 unspecified atom stereocenters. The number of para-hydroxylation sites is 1. The lowest BCUT2D eigenvalue weighted by molar-refractivity contribution is 0.408. The van der Waals surface area contributed by atoms with Crippen LogP contribution in [0.25, 0.3) is 16.6 Å². The van der Waals surface area contributed by atoms with Crippen molar-refractivity contribution in [1.29, 1.82) is 0 Å². The van der Waals surface area contributed by atoms with Gasteiger partial charge in [-0.1, -0.05) is 196 Å². The number of thiazole rings is 1. The summed E-state index contributed by atoms with van der Waals surface area (Å²) in [6.45, 7) is 51.1. The lowest BCUT2D eigenvalue weighted by Crippen LogP contribution is -1.93. The third-order valence-corrected chi connectivity index (χ3v) is 13.4. The Morgan fingerprint density at radius 3 is 1.37 bits per heavy atom. The zero-order valence-corrected chi connectivity index (χ0v) is 65.5. The van der Waals surface area contributed by atoms with Crippen molar-refractivity contribution in [2.75, 3.05) is 0 Å². The summed E-state index contributed by atoms with van der Waals surface area (Å²) in [4.78, 5) is 40.1. The Morgan fingerprint density at radius 1 is 0.446 bits per heavy atom. The van der Waals surface area contributed by atoms with Crippen LogP contribution < -0.4 is 5.56 Å². The van der Waals surface area contributed by atoms with Crippen LogP contribution in [-0.4, -0.2) is 101 Å². The average Bonchev–Trinajstić information content (AvgIpc) is 1.70. The highest BCUT2D eigenvalue weighted by Crippen LogP contribution is 2.22. The van der Waals surface area contributed by atoms with Gasteiger partial charge in [0.1, 0.15) is 6.26 Å². The predicted molar refractivity (Wildman–Crippen MR) is 418 cm³/mol. The fourth-order valence-corrected chi connectivity index (χ4v) is 7.88. The van der Waals surface area contributed by atoms with Gasteiger partial charge < -0.3 is 19.6 Å². The lowest BCUT2D eigenvalue weighted by atomic mass is 10.1. The number of rotatable bonds is 9. The number of pyridine rings is 1. The second-order valence-electron chi connectivity index (χ2n) is 27.0. The van der Waals surface area contributed by atoms with E-state index >= 15 is 0 Å². The molecule has 0 aliphatic carbocycles. The number of aromatic amines is 7. The Kier molecular flexibility index (Phi) is 47.0. The molecule has 1 aromatic carbocycles. The third-order valence-electron chi connectivity index (χ3n) is 12.8. The van der Waals surface area contributed by atoms with Crippen molar-refractivity contribution in [2.45, 2.75) is 219 Å². The van der Waals surface area contributed by atoms with Crippen molar-refractivity contribution < 1.29 is 4.52 Å². The molecule has 550 valence electrons. The van der Waals surface area contributed by atoms with Crippen molar-refractivity contribution in [1.82, 2.24) is 101 Å². The van der Waals surface area contributed by atoms with Crippen molar-refractivity contribution in [3.63, 3.8) is 0 Å². The van der Waals surface area contributed by atoms with Gasteiger partial charge in [0.15, 0.2) is 5.65 Å². The van der Waals surface area contributed by atoms with Crippen LogP contribution >= 0.6 is 11.3 Å². The van der Waals surface area contributed by atoms with Crippen molar-refractivity contribution in [3.05, 3.63) is 244 Å². The molecule has 101 heavy (non-hydrogen) atoms. The molecule has 12 heterocycles. The maximum atomic E-state index is 10.5. The van der Waals surface area contributed by atoms with Crippen LogP contribution in [0.2, 0.25) is 0 Å². The quantitative estimate of drug-likeness (QED) is 0.0707. The SMILES string of the molecule is CC(C)C.CC(C)C.CC(C)c1[nH]nc2ccccc12.CC(C)c1cc(=O)[nH][nH]1.CC(C)c1cc2ncccn2n1.CC(C)c1ccc[nH]1.CC(C)c1ccn[nH]1.CC(C)c1ccon1.CC(C)c1cn[nH]n1.CC(C)c1cnc[nH]1.CC(C)c1cscn1.c1ccncc1.c1cnccn1. The van der Waals surface area contributed by atoms with E-state index in [0.29, 0.717) is 53.3 Å². The summed E-state index contributed by atoms with van der Waals surface area (Å²) in [6, 6.07) is 27.4. The highest BCUT2D eigenvalue weighted by molar-refractivity contribution is 7.07. The summed E-state index contributed by atoms with van der Waals surface area (Å²) in [6.07, 6.45) is 24.4. The number of fused-ring (bicyclic) bond motifs is 2. The summed E-state index contributed by atoms with van der Waals surface area (Å²) in [5, 5.41) is 40.8. The number of nitrogens with zero attached hydrogens (tertiary/aromatic N) is 13. The number of hydrogen-bond acceptors (Lipinski definition) is 15. The fraction of sp³-hybridized carbons (Fsp3) is 0.449. The van der Waals surface area contributed by atoms with E-state index in [1.807, 2.05) is 105 Å². The first kappa shape index (κ1) is 89.2. The van der Waals surface area contributed by atoms with Gasteiger partial charge in [-0.3, -0.25) is 35.0 Å². The number of nitrogens with one attached hydrogen (secondary N) is 7.